The van der Waals surface area contributed by atoms with Crippen molar-refractivity contribution in [2.24, 2.45) is 7.05 Å². The summed E-state index contributed by atoms with van der Waals surface area (Å²) in [4.78, 5) is 12.9. The number of benzene rings is 1. The van der Waals surface area contributed by atoms with Crippen molar-refractivity contribution >= 4 is 11.9 Å². The minimum atomic E-state index is -0.633. The number of nitrogens with zero attached hydrogens (tertiary/aromatic N) is 4. The highest BCUT2D eigenvalue weighted by Gasteiger charge is 2.14. The second-order valence-electron chi connectivity index (χ2n) is 3.26. The van der Waals surface area contributed by atoms with Gasteiger partial charge >= 0.3 is 0 Å². The van der Waals surface area contributed by atoms with Crippen molar-refractivity contribution in [1.29, 1.82) is 0 Å². The third kappa shape index (κ3) is 2.30. The molecule has 0 aliphatic carbocycles. The summed E-state index contributed by atoms with van der Waals surface area (Å²) < 4.78 is 0. The van der Waals surface area contributed by atoms with Crippen LogP contribution in [0, 0.1) is 0 Å². The minimum Gasteiger partial charge on any atom is -0.508 e. The summed E-state index contributed by atoms with van der Waals surface area (Å²) in [6, 6.07) is 3.63. The molecular weight excluding hydrogens is 226 g/mol. The molecule has 0 aliphatic rings. The normalized spacial score (nSPS) is 10.2. The van der Waals surface area contributed by atoms with Crippen LogP contribution in [0.1, 0.15) is 10.4 Å². The predicted octanol–water partition coefficient (Wildman–Crippen LogP) is -0.126. The number of amides is 1. The molecule has 1 amide bonds. The minimum absolute atomic E-state index is 0.0141. The lowest BCUT2D eigenvalue weighted by atomic mass is 10.2. The van der Waals surface area contributed by atoms with Gasteiger partial charge in [0.15, 0.2) is 0 Å². The van der Waals surface area contributed by atoms with Crippen molar-refractivity contribution in [1.82, 2.24) is 20.2 Å². The van der Waals surface area contributed by atoms with E-state index < -0.39 is 5.91 Å². The molecule has 0 spiro atoms. The Balaban J connectivity index is 2.22. The molecule has 17 heavy (non-hydrogen) atoms. The van der Waals surface area contributed by atoms with Crippen LogP contribution in [0.15, 0.2) is 18.2 Å². The molecule has 0 unspecified atom stereocenters. The van der Waals surface area contributed by atoms with Crippen molar-refractivity contribution in [3.63, 3.8) is 0 Å². The molecule has 1 aromatic heterocycles. The quantitative estimate of drug-likeness (QED) is 0.625. The van der Waals surface area contributed by atoms with E-state index in [0.29, 0.717) is 0 Å². The molecule has 2 rings (SSSR count). The van der Waals surface area contributed by atoms with E-state index in [4.69, 9.17) is 0 Å². The SMILES string of the molecule is Cn1nnc(NC(=O)c2cc(O)ccc2O)n1. The van der Waals surface area contributed by atoms with Crippen LogP contribution in [0.25, 0.3) is 0 Å². The fourth-order valence-corrected chi connectivity index (χ4v) is 1.21. The number of carbonyl (C=O) groups is 1. The Hall–Kier alpha value is -2.64. The number of anilines is 1. The van der Waals surface area contributed by atoms with Gasteiger partial charge in [-0.2, -0.15) is 4.80 Å². The molecule has 0 aliphatic heterocycles. The zero-order chi connectivity index (χ0) is 12.4. The molecule has 1 aromatic carbocycles. The van der Waals surface area contributed by atoms with Gasteiger partial charge in [0, 0.05) is 0 Å². The second kappa shape index (κ2) is 4.08. The van der Waals surface area contributed by atoms with Gasteiger partial charge in [0.25, 0.3) is 11.9 Å². The number of aryl methyl sites for hydroxylation is 1. The van der Waals surface area contributed by atoms with Gasteiger partial charge in [-0.1, -0.05) is 5.10 Å². The van der Waals surface area contributed by atoms with Crippen molar-refractivity contribution in [2.75, 3.05) is 5.32 Å². The second-order valence-corrected chi connectivity index (χ2v) is 3.26. The first-order chi connectivity index (χ1) is 8.06. The first-order valence-electron chi connectivity index (χ1n) is 4.63. The van der Waals surface area contributed by atoms with Gasteiger partial charge in [-0.25, -0.2) is 0 Å². The number of tetrazole rings is 1. The van der Waals surface area contributed by atoms with E-state index in [1.165, 1.54) is 16.9 Å². The summed E-state index contributed by atoms with van der Waals surface area (Å²) >= 11 is 0. The molecular formula is C9H9N5O3. The van der Waals surface area contributed by atoms with Crippen LogP contribution in [0.5, 0.6) is 11.5 Å². The molecule has 0 radical (unpaired) electrons. The van der Waals surface area contributed by atoms with Crippen molar-refractivity contribution < 1.29 is 15.0 Å². The van der Waals surface area contributed by atoms with Crippen molar-refractivity contribution in [2.45, 2.75) is 0 Å². The molecule has 0 atom stereocenters. The van der Waals surface area contributed by atoms with Crippen LogP contribution >= 0.6 is 0 Å². The lowest BCUT2D eigenvalue weighted by Crippen LogP contribution is -2.13. The first-order valence-corrected chi connectivity index (χ1v) is 4.63. The van der Waals surface area contributed by atoms with Gasteiger partial charge in [-0.3, -0.25) is 10.1 Å². The maximum absolute atomic E-state index is 11.7. The monoisotopic (exact) mass is 235 g/mol. The first kappa shape index (κ1) is 10.9. The number of hydrogen-bond donors (Lipinski definition) is 3. The number of nitrogens with one attached hydrogen (secondary N) is 1. The van der Waals surface area contributed by atoms with Gasteiger partial charge in [0.05, 0.1) is 12.6 Å². The lowest BCUT2D eigenvalue weighted by molar-refractivity contribution is 0.102. The van der Waals surface area contributed by atoms with Gasteiger partial charge in [0.1, 0.15) is 11.5 Å². The summed E-state index contributed by atoms with van der Waals surface area (Å²) in [6.45, 7) is 0. The molecule has 88 valence electrons. The molecule has 0 saturated carbocycles. The molecule has 1 heterocycles. The zero-order valence-corrected chi connectivity index (χ0v) is 8.82. The lowest BCUT2D eigenvalue weighted by Gasteiger charge is -2.03. The Morgan fingerprint density at radius 2 is 2.18 bits per heavy atom. The van der Waals surface area contributed by atoms with Gasteiger partial charge < -0.3 is 10.2 Å². The van der Waals surface area contributed by atoms with Crippen LogP contribution in [0.2, 0.25) is 0 Å². The number of rotatable bonds is 2. The number of carbonyl (C=O) groups excluding carboxylic acids is 1. The van der Waals surface area contributed by atoms with Crippen LogP contribution in [0.3, 0.4) is 0 Å². The summed E-state index contributed by atoms with van der Waals surface area (Å²) in [5.74, 6) is -0.990. The van der Waals surface area contributed by atoms with Crippen LogP contribution in [-0.2, 0) is 7.05 Å². The van der Waals surface area contributed by atoms with Crippen molar-refractivity contribution in [3.05, 3.63) is 23.8 Å². The molecule has 0 fully saturated rings. The standard InChI is InChI=1S/C9H9N5O3/c1-14-12-9(11-13-14)10-8(17)6-4-5(15)2-3-7(6)16/h2-4,15-16H,1H3,(H,10,12,17). The topological polar surface area (TPSA) is 113 Å². The third-order valence-electron chi connectivity index (χ3n) is 1.96. The summed E-state index contributed by atoms with van der Waals surface area (Å²) in [5.41, 5.74) is -0.0718. The predicted molar refractivity (Wildman–Crippen MR) is 56.5 cm³/mol. The Morgan fingerprint density at radius 1 is 1.41 bits per heavy atom. The highest BCUT2D eigenvalue weighted by molar-refractivity contribution is 6.05. The maximum Gasteiger partial charge on any atom is 0.270 e. The Morgan fingerprint density at radius 3 is 2.82 bits per heavy atom. The van der Waals surface area contributed by atoms with Gasteiger partial charge in [0.2, 0.25) is 0 Å². The Labute approximate surface area is 95.5 Å². The average Bonchev–Trinajstić information content (AvgIpc) is 2.67. The molecule has 8 heteroatoms. The van der Waals surface area contributed by atoms with E-state index in [1.807, 2.05) is 0 Å². The molecule has 0 bridgehead atoms. The van der Waals surface area contributed by atoms with Crippen LogP contribution in [0.4, 0.5) is 5.95 Å². The Kier molecular flexibility index (Phi) is 2.61. The van der Waals surface area contributed by atoms with Crippen LogP contribution < -0.4 is 5.32 Å². The molecule has 3 N–H and O–H groups in total. The number of phenolic OH excluding ortho intramolecular Hbond substituents is 2. The molecule has 0 saturated heterocycles. The van der Waals surface area contributed by atoms with Crippen LogP contribution in [-0.4, -0.2) is 36.3 Å². The molecule has 8 nitrogen and oxygen atoms in total. The van der Waals surface area contributed by atoms with E-state index >= 15 is 0 Å². The number of aromatic nitrogens is 4. The van der Waals surface area contributed by atoms with Gasteiger partial charge in [-0.05, 0) is 23.4 Å². The smallest absolute Gasteiger partial charge is 0.270 e. The van der Waals surface area contributed by atoms with E-state index in [9.17, 15) is 15.0 Å². The zero-order valence-electron chi connectivity index (χ0n) is 8.82. The fraction of sp³-hybridized carbons (Fsp3) is 0.111. The largest absolute Gasteiger partial charge is 0.508 e. The van der Waals surface area contributed by atoms with Crippen molar-refractivity contribution in [3.8, 4) is 11.5 Å². The number of phenols is 2. The van der Waals surface area contributed by atoms with E-state index in [2.05, 4.69) is 20.7 Å². The average molecular weight is 235 g/mol. The number of hydrogen-bond acceptors (Lipinski definition) is 6. The van der Waals surface area contributed by atoms with E-state index in [-0.39, 0.29) is 23.0 Å². The third-order valence-corrected chi connectivity index (χ3v) is 1.96. The maximum atomic E-state index is 11.7. The summed E-state index contributed by atoms with van der Waals surface area (Å²) in [7, 11) is 1.55. The van der Waals surface area contributed by atoms with E-state index in [0.717, 1.165) is 6.07 Å². The molecule has 2 aromatic rings. The van der Waals surface area contributed by atoms with Gasteiger partial charge in [-0.15, -0.1) is 5.10 Å². The fourth-order valence-electron chi connectivity index (χ4n) is 1.21. The Bertz CT molecular complexity index is 566. The highest BCUT2D eigenvalue weighted by atomic mass is 16.3. The summed E-state index contributed by atoms with van der Waals surface area (Å²) in [5, 5.41) is 31.8. The highest BCUT2D eigenvalue weighted by Crippen LogP contribution is 2.22. The van der Waals surface area contributed by atoms with E-state index in [1.54, 1.807) is 7.05 Å². The number of aromatic hydroxyl groups is 2. The summed E-state index contributed by atoms with van der Waals surface area (Å²) in [6.07, 6.45) is 0.